The summed E-state index contributed by atoms with van der Waals surface area (Å²) in [7, 11) is 2.44. The molecule has 8 heteroatoms. The number of rotatable bonds is 8. The van der Waals surface area contributed by atoms with E-state index in [-0.39, 0.29) is 13.0 Å². The van der Waals surface area contributed by atoms with Crippen molar-refractivity contribution in [2.45, 2.75) is 12.8 Å². The molecular weight excluding hydrogens is 398 g/mol. The maximum atomic E-state index is 11.9. The van der Waals surface area contributed by atoms with Gasteiger partial charge in [0.25, 0.3) is 0 Å². The normalized spacial score (nSPS) is 10.3. The summed E-state index contributed by atoms with van der Waals surface area (Å²) in [5.74, 6) is -2.33. The molecule has 0 unspecified atom stereocenters. The van der Waals surface area contributed by atoms with Crippen LogP contribution in [-0.4, -0.2) is 38.9 Å². The Morgan fingerprint density at radius 2 is 1.62 bits per heavy atom. The van der Waals surface area contributed by atoms with Crippen LogP contribution in [0.2, 0.25) is 5.02 Å². The van der Waals surface area contributed by atoms with E-state index in [1.54, 1.807) is 36.4 Å². The number of nitrogens with one attached hydrogen (secondary N) is 1. The summed E-state index contributed by atoms with van der Waals surface area (Å²) in [6.45, 7) is 0.150. The third-order valence-corrected chi connectivity index (χ3v) is 4.47. The quantitative estimate of drug-likeness (QED) is 0.399. The number of anilines is 1. The van der Waals surface area contributed by atoms with Gasteiger partial charge in [-0.25, -0.2) is 4.79 Å². The minimum Gasteiger partial charge on any atom is -0.468 e. The van der Waals surface area contributed by atoms with E-state index in [9.17, 15) is 14.4 Å². The second-order valence-corrected chi connectivity index (χ2v) is 6.52. The van der Waals surface area contributed by atoms with Crippen LogP contribution in [0.3, 0.4) is 0 Å². The van der Waals surface area contributed by atoms with Crippen molar-refractivity contribution in [2.24, 2.45) is 5.92 Å². The summed E-state index contributed by atoms with van der Waals surface area (Å²) in [5.41, 5.74) is 2.13. The molecule has 1 amide bonds. The highest BCUT2D eigenvalue weighted by atomic mass is 35.5. The number of carbonyl (C=O) groups is 3. The maximum absolute atomic E-state index is 11.9. The number of hydrogen-bond donors (Lipinski definition) is 1. The van der Waals surface area contributed by atoms with Gasteiger partial charge in [0.05, 0.1) is 31.5 Å². The Hall–Kier alpha value is -3.06. The summed E-state index contributed by atoms with van der Waals surface area (Å²) in [5, 5.41) is 3.00. The topological polar surface area (TPSA) is 90.9 Å². The van der Waals surface area contributed by atoms with E-state index in [4.69, 9.17) is 16.3 Å². The zero-order valence-electron chi connectivity index (χ0n) is 16.1. The van der Waals surface area contributed by atoms with Crippen LogP contribution in [0.25, 0.3) is 0 Å². The Balaban J connectivity index is 1.90. The van der Waals surface area contributed by atoms with Gasteiger partial charge in [0.2, 0.25) is 0 Å². The summed E-state index contributed by atoms with van der Waals surface area (Å²) in [6.07, 6.45) is 0.0112. The van der Waals surface area contributed by atoms with Gasteiger partial charge in [0, 0.05) is 6.42 Å². The Labute approximate surface area is 173 Å². The zero-order chi connectivity index (χ0) is 21.2. The summed E-state index contributed by atoms with van der Waals surface area (Å²) < 4.78 is 14.5. The molecule has 0 radical (unpaired) electrons. The van der Waals surface area contributed by atoms with Gasteiger partial charge in [0.1, 0.15) is 0 Å². The van der Waals surface area contributed by atoms with Crippen molar-refractivity contribution in [2.75, 3.05) is 26.1 Å². The number of esters is 2. The van der Waals surface area contributed by atoms with E-state index in [2.05, 4.69) is 14.8 Å². The number of halogens is 1. The third-order valence-electron chi connectivity index (χ3n) is 4.14. The lowest BCUT2D eigenvalue weighted by Gasteiger charge is -2.13. The predicted octanol–water partition coefficient (Wildman–Crippen LogP) is 3.64. The number of ether oxygens (including phenoxy) is 3. The Kier molecular flexibility index (Phi) is 8.48. The second-order valence-electron chi connectivity index (χ2n) is 6.11. The summed E-state index contributed by atoms with van der Waals surface area (Å²) >= 11 is 5.99. The fraction of sp³-hybridized carbons (Fsp3) is 0.286. The van der Waals surface area contributed by atoms with Gasteiger partial charge in [-0.3, -0.25) is 14.9 Å². The number of carbonyl (C=O) groups excluding carboxylic acids is 3. The smallest absolute Gasteiger partial charge is 0.411 e. The van der Waals surface area contributed by atoms with Gasteiger partial charge in [-0.05, 0) is 29.7 Å². The highest BCUT2D eigenvalue weighted by Crippen LogP contribution is 2.20. The van der Waals surface area contributed by atoms with Crippen molar-refractivity contribution in [1.29, 1.82) is 0 Å². The molecule has 0 spiro atoms. The van der Waals surface area contributed by atoms with Crippen molar-refractivity contribution in [3.05, 3.63) is 64.7 Å². The fourth-order valence-electron chi connectivity index (χ4n) is 2.67. The van der Waals surface area contributed by atoms with E-state index in [0.29, 0.717) is 17.1 Å². The molecular formula is C21H22ClNO6. The highest BCUT2D eigenvalue weighted by Gasteiger charge is 2.28. The van der Waals surface area contributed by atoms with E-state index in [1.807, 2.05) is 12.1 Å². The van der Waals surface area contributed by atoms with E-state index < -0.39 is 23.9 Å². The predicted molar refractivity (Wildman–Crippen MR) is 108 cm³/mol. The van der Waals surface area contributed by atoms with Gasteiger partial charge in [-0.1, -0.05) is 48.0 Å². The summed E-state index contributed by atoms with van der Waals surface area (Å²) in [4.78, 5) is 35.5. The van der Waals surface area contributed by atoms with Crippen LogP contribution in [0.1, 0.15) is 11.1 Å². The lowest BCUT2D eigenvalue weighted by atomic mass is 9.97. The van der Waals surface area contributed by atoms with Gasteiger partial charge in [-0.2, -0.15) is 0 Å². The van der Waals surface area contributed by atoms with Crippen molar-refractivity contribution in [1.82, 2.24) is 0 Å². The fourth-order valence-corrected chi connectivity index (χ4v) is 2.85. The molecule has 0 bridgehead atoms. The molecule has 0 aliphatic heterocycles. The number of benzene rings is 2. The van der Waals surface area contributed by atoms with Gasteiger partial charge >= 0.3 is 18.0 Å². The first-order chi connectivity index (χ1) is 13.9. The molecule has 7 nitrogen and oxygen atoms in total. The Bertz CT molecular complexity index is 854. The standard InChI is InChI=1S/C21H22ClNO6/c1-27-19(24)16(20(25)28-2)13-15-7-5-6-14(12-15)10-11-29-21(26)23-18-9-4-3-8-17(18)22/h3-9,12,16H,10-11,13H2,1-2H3,(H,23,26). The zero-order valence-corrected chi connectivity index (χ0v) is 16.9. The molecule has 0 heterocycles. The van der Waals surface area contributed by atoms with Gasteiger partial charge < -0.3 is 14.2 Å². The first kappa shape index (κ1) is 22.2. The van der Waals surface area contributed by atoms with Crippen LogP contribution in [0.4, 0.5) is 10.5 Å². The Morgan fingerprint density at radius 1 is 0.966 bits per heavy atom. The molecule has 2 rings (SSSR count). The third kappa shape index (κ3) is 6.80. The largest absolute Gasteiger partial charge is 0.468 e. The molecule has 0 aromatic heterocycles. The molecule has 0 atom stereocenters. The first-order valence-electron chi connectivity index (χ1n) is 8.86. The summed E-state index contributed by atoms with van der Waals surface area (Å²) in [6, 6.07) is 14.2. The van der Waals surface area contributed by atoms with Gasteiger partial charge in [-0.15, -0.1) is 0 Å². The molecule has 0 aliphatic carbocycles. The van der Waals surface area contributed by atoms with Crippen LogP contribution >= 0.6 is 11.6 Å². The van der Waals surface area contributed by atoms with Crippen molar-refractivity contribution >= 4 is 35.3 Å². The van der Waals surface area contributed by atoms with Crippen LogP contribution in [0, 0.1) is 5.92 Å². The Morgan fingerprint density at radius 3 is 2.28 bits per heavy atom. The lowest BCUT2D eigenvalue weighted by molar-refractivity contribution is -0.158. The number of para-hydroxylation sites is 1. The van der Waals surface area contributed by atoms with Crippen molar-refractivity contribution in [3.63, 3.8) is 0 Å². The van der Waals surface area contributed by atoms with E-state index in [0.717, 1.165) is 11.1 Å². The molecule has 2 aromatic rings. The molecule has 29 heavy (non-hydrogen) atoms. The SMILES string of the molecule is COC(=O)C(Cc1cccc(CCOC(=O)Nc2ccccc2Cl)c1)C(=O)OC. The highest BCUT2D eigenvalue weighted by molar-refractivity contribution is 6.33. The molecule has 154 valence electrons. The van der Waals surface area contributed by atoms with E-state index >= 15 is 0 Å². The second kappa shape index (κ2) is 11.1. The molecule has 0 fully saturated rings. The average molecular weight is 420 g/mol. The van der Waals surface area contributed by atoms with Crippen LogP contribution in [0.5, 0.6) is 0 Å². The molecule has 0 aliphatic rings. The number of hydrogen-bond acceptors (Lipinski definition) is 6. The molecule has 0 saturated carbocycles. The minimum atomic E-state index is -1.03. The van der Waals surface area contributed by atoms with Crippen LogP contribution in [-0.2, 0) is 36.6 Å². The van der Waals surface area contributed by atoms with Crippen LogP contribution < -0.4 is 5.32 Å². The average Bonchev–Trinajstić information content (AvgIpc) is 2.73. The van der Waals surface area contributed by atoms with Crippen molar-refractivity contribution < 1.29 is 28.6 Å². The van der Waals surface area contributed by atoms with Crippen molar-refractivity contribution in [3.8, 4) is 0 Å². The number of amides is 1. The first-order valence-corrected chi connectivity index (χ1v) is 9.24. The molecule has 2 aromatic carbocycles. The molecule has 0 saturated heterocycles. The van der Waals surface area contributed by atoms with E-state index in [1.165, 1.54) is 14.2 Å². The van der Waals surface area contributed by atoms with Gasteiger partial charge in [0.15, 0.2) is 5.92 Å². The lowest BCUT2D eigenvalue weighted by Crippen LogP contribution is -2.28. The minimum absolute atomic E-state index is 0.150. The monoisotopic (exact) mass is 419 g/mol. The van der Waals surface area contributed by atoms with Crippen LogP contribution in [0.15, 0.2) is 48.5 Å². The molecule has 1 N–H and O–H groups in total. The number of methoxy groups -OCH3 is 2. The maximum Gasteiger partial charge on any atom is 0.411 e.